The molecule has 0 radical (unpaired) electrons. The van der Waals surface area contributed by atoms with Crippen LogP contribution in [0.2, 0.25) is 0 Å². The summed E-state index contributed by atoms with van der Waals surface area (Å²) in [5.41, 5.74) is 0. The van der Waals surface area contributed by atoms with Gasteiger partial charge in [-0.15, -0.1) is 0 Å². The summed E-state index contributed by atoms with van der Waals surface area (Å²) in [5, 5.41) is 0. The molecule has 0 aliphatic carbocycles. The van der Waals surface area contributed by atoms with E-state index >= 15 is 0 Å². The smallest absolute Gasteiger partial charge is 1.00 e. The minimum atomic E-state index is -4.00. The molecule has 0 aliphatic rings. The first-order valence-corrected chi connectivity index (χ1v) is 4.07. The van der Waals surface area contributed by atoms with Crippen LogP contribution < -0.4 is 51.4 Å². The molecule has 0 saturated heterocycles. The Balaban J connectivity index is 0. The van der Waals surface area contributed by atoms with Crippen LogP contribution >= 0.6 is 0 Å². The first-order valence-electron chi connectivity index (χ1n) is 2.63. The SMILES string of the molecule is O=S(=O)(O)c1ccccc1.[H-].[K+]. The van der Waals surface area contributed by atoms with E-state index in [2.05, 4.69) is 0 Å². The Bertz CT molecular complexity index is 311. The average molecular weight is 198 g/mol. The Hall–Kier alpha value is 0.766. The van der Waals surface area contributed by atoms with Crippen molar-refractivity contribution in [3.05, 3.63) is 30.3 Å². The Morgan fingerprint density at radius 2 is 1.64 bits per heavy atom. The molecule has 0 heterocycles. The Labute approximate surface area is 109 Å². The van der Waals surface area contributed by atoms with E-state index in [0.29, 0.717) is 0 Å². The second-order valence-corrected chi connectivity index (χ2v) is 3.21. The molecule has 56 valence electrons. The fourth-order valence-electron chi connectivity index (χ4n) is 0.592. The number of hydrogen-bond acceptors (Lipinski definition) is 2. The van der Waals surface area contributed by atoms with E-state index in [0.717, 1.165) is 0 Å². The molecule has 0 saturated carbocycles. The van der Waals surface area contributed by atoms with Crippen molar-refractivity contribution in [2.24, 2.45) is 0 Å². The van der Waals surface area contributed by atoms with Gasteiger partial charge in [0.25, 0.3) is 10.1 Å². The largest absolute Gasteiger partial charge is 1.00 e. The molecule has 1 aromatic rings. The summed E-state index contributed by atoms with van der Waals surface area (Å²) < 4.78 is 29.2. The van der Waals surface area contributed by atoms with Crippen LogP contribution in [0, 0.1) is 0 Å². The van der Waals surface area contributed by atoms with E-state index in [9.17, 15) is 8.42 Å². The van der Waals surface area contributed by atoms with E-state index in [1.807, 2.05) is 0 Å². The second kappa shape index (κ2) is 4.71. The van der Waals surface area contributed by atoms with Crippen LogP contribution in [0.5, 0.6) is 0 Å². The van der Waals surface area contributed by atoms with E-state index in [1.165, 1.54) is 12.1 Å². The maximum atomic E-state index is 10.4. The van der Waals surface area contributed by atoms with Gasteiger partial charge in [0.15, 0.2) is 0 Å². The van der Waals surface area contributed by atoms with Gasteiger partial charge < -0.3 is 1.43 Å². The summed E-state index contributed by atoms with van der Waals surface area (Å²) in [6, 6.07) is 7.42. The van der Waals surface area contributed by atoms with Crippen molar-refractivity contribution in [2.45, 2.75) is 4.90 Å². The molecule has 11 heavy (non-hydrogen) atoms. The normalized spacial score (nSPS) is 10.3. The average Bonchev–Trinajstić information content (AvgIpc) is 1.88. The molecule has 5 heteroatoms. The monoisotopic (exact) mass is 198 g/mol. The molecule has 0 spiro atoms. The van der Waals surface area contributed by atoms with Gasteiger partial charge >= 0.3 is 51.4 Å². The summed E-state index contributed by atoms with van der Waals surface area (Å²) in [5.74, 6) is 0. The van der Waals surface area contributed by atoms with Crippen LogP contribution in [-0.2, 0) is 10.1 Å². The van der Waals surface area contributed by atoms with Crippen LogP contribution in [0.3, 0.4) is 0 Å². The van der Waals surface area contributed by atoms with Crippen LogP contribution in [-0.4, -0.2) is 13.0 Å². The van der Waals surface area contributed by atoms with Gasteiger partial charge in [0, 0.05) is 0 Å². The number of benzene rings is 1. The molecule has 0 bridgehead atoms. The third-order valence-corrected chi connectivity index (χ3v) is 1.91. The maximum absolute atomic E-state index is 10.4. The van der Waals surface area contributed by atoms with Gasteiger partial charge in [-0.3, -0.25) is 4.55 Å². The van der Waals surface area contributed by atoms with Crippen molar-refractivity contribution in [3.8, 4) is 0 Å². The van der Waals surface area contributed by atoms with Gasteiger partial charge in [0.2, 0.25) is 0 Å². The molecule has 0 atom stereocenters. The van der Waals surface area contributed by atoms with Gasteiger partial charge in [0.05, 0.1) is 4.90 Å². The third kappa shape index (κ3) is 3.79. The van der Waals surface area contributed by atoms with E-state index < -0.39 is 10.1 Å². The van der Waals surface area contributed by atoms with Crippen molar-refractivity contribution < 1.29 is 65.8 Å². The van der Waals surface area contributed by atoms with Crippen molar-refractivity contribution in [2.75, 3.05) is 0 Å². The molecule has 0 aromatic heterocycles. The fourth-order valence-corrected chi connectivity index (χ4v) is 1.09. The summed E-state index contributed by atoms with van der Waals surface area (Å²) in [4.78, 5) is -0.0741. The van der Waals surface area contributed by atoms with Gasteiger partial charge in [-0.1, -0.05) is 18.2 Å². The number of rotatable bonds is 1. The quantitative estimate of drug-likeness (QED) is 0.421. The summed E-state index contributed by atoms with van der Waals surface area (Å²) in [6.07, 6.45) is 0. The standard InChI is InChI=1S/C6H6O3S.K.H/c7-10(8,9)6-4-2-1-3-5-6;;/h1-5H,(H,7,8,9);;/q;+1;-1. The molecular weight excluding hydrogens is 191 g/mol. The van der Waals surface area contributed by atoms with Gasteiger partial charge in [-0.25, -0.2) is 0 Å². The zero-order valence-electron chi connectivity index (χ0n) is 7.06. The molecule has 1 N–H and O–H groups in total. The first-order chi connectivity index (χ1) is 4.61. The molecule has 1 rings (SSSR count). The van der Waals surface area contributed by atoms with Crippen molar-refractivity contribution in [3.63, 3.8) is 0 Å². The van der Waals surface area contributed by atoms with Crippen molar-refractivity contribution in [1.29, 1.82) is 0 Å². The molecule has 1 aromatic carbocycles. The van der Waals surface area contributed by atoms with Crippen LogP contribution in [0.1, 0.15) is 1.43 Å². The van der Waals surface area contributed by atoms with Crippen LogP contribution in [0.15, 0.2) is 35.2 Å². The van der Waals surface area contributed by atoms with E-state index in [4.69, 9.17) is 4.55 Å². The minimum Gasteiger partial charge on any atom is -1.00 e. The molecule has 3 nitrogen and oxygen atoms in total. The van der Waals surface area contributed by atoms with E-state index in [1.54, 1.807) is 18.2 Å². The predicted molar refractivity (Wildman–Crippen MR) is 37.4 cm³/mol. The predicted octanol–water partition coefficient (Wildman–Crippen LogP) is -1.95. The van der Waals surface area contributed by atoms with Crippen molar-refractivity contribution in [1.82, 2.24) is 0 Å². The molecule has 0 fully saturated rings. The fraction of sp³-hybridized carbons (Fsp3) is 0. The molecule has 0 aliphatic heterocycles. The van der Waals surface area contributed by atoms with Gasteiger partial charge in [-0.05, 0) is 12.1 Å². The summed E-state index contributed by atoms with van der Waals surface area (Å²) in [6.45, 7) is 0. The minimum absolute atomic E-state index is 0. The molecular formula is C6H7KO3S. The molecule has 0 unspecified atom stereocenters. The summed E-state index contributed by atoms with van der Waals surface area (Å²) in [7, 11) is -4.00. The zero-order chi connectivity index (χ0) is 7.61. The Kier molecular flexibility index (Phi) is 5.04. The summed E-state index contributed by atoms with van der Waals surface area (Å²) >= 11 is 0. The number of hydrogen-bond donors (Lipinski definition) is 1. The van der Waals surface area contributed by atoms with Crippen LogP contribution in [0.25, 0.3) is 0 Å². The second-order valence-electron chi connectivity index (χ2n) is 1.79. The third-order valence-electron chi connectivity index (χ3n) is 1.04. The zero-order valence-corrected chi connectivity index (χ0v) is 10.00. The van der Waals surface area contributed by atoms with E-state index in [-0.39, 0.29) is 57.7 Å². The first kappa shape index (κ1) is 11.8. The Morgan fingerprint density at radius 3 is 1.91 bits per heavy atom. The Morgan fingerprint density at radius 1 is 1.18 bits per heavy atom. The molecule has 0 amide bonds. The van der Waals surface area contributed by atoms with Crippen LogP contribution in [0.4, 0.5) is 0 Å². The maximum Gasteiger partial charge on any atom is 1.00 e. The van der Waals surface area contributed by atoms with Crippen molar-refractivity contribution >= 4 is 10.1 Å². The van der Waals surface area contributed by atoms with Gasteiger partial charge in [-0.2, -0.15) is 8.42 Å². The van der Waals surface area contributed by atoms with Gasteiger partial charge in [0.1, 0.15) is 0 Å². The topological polar surface area (TPSA) is 54.4 Å².